The van der Waals surface area contributed by atoms with Crippen LogP contribution < -0.4 is 15.8 Å². The van der Waals surface area contributed by atoms with E-state index in [1.807, 2.05) is 0 Å². The molecule has 1 aliphatic carbocycles. The molecule has 3 N–H and O–H groups in total. The Bertz CT molecular complexity index is 473. The van der Waals surface area contributed by atoms with E-state index in [0.29, 0.717) is 18.0 Å². The molecule has 1 saturated carbocycles. The van der Waals surface area contributed by atoms with Crippen LogP contribution in [0.5, 0.6) is 5.75 Å². The summed E-state index contributed by atoms with van der Waals surface area (Å²) in [7, 11) is 0. The van der Waals surface area contributed by atoms with Crippen LogP contribution in [-0.2, 0) is 4.79 Å². The molecule has 1 fully saturated rings. The highest BCUT2D eigenvalue weighted by molar-refractivity contribution is 5.93. The van der Waals surface area contributed by atoms with E-state index in [-0.39, 0.29) is 17.9 Å². The third-order valence-corrected chi connectivity index (χ3v) is 3.38. The van der Waals surface area contributed by atoms with Crippen molar-refractivity contribution in [2.24, 2.45) is 5.73 Å². The van der Waals surface area contributed by atoms with E-state index in [4.69, 9.17) is 10.5 Å². The molecule has 1 aliphatic rings. The minimum Gasteiger partial charge on any atom is -0.492 e. The predicted octanol–water partition coefficient (Wildman–Crippen LogP) is 2.43. The predicted molar refractivity (Wildman–Crippen MR) is 71.6 cm³/mol. The summed E-state index contributed by atoms with van der Waals surface area (Å²) in [6.45, 7) is 2.22. The Kier molecular flexibility index (Phi) is 4.04. The van der Waals surface area contributed by atoms with Crippen LogP contribution in [0.4, 0.5) is 10.1 Å². The lowest BCUT2D eigenvalue weighted by molar-refractivity contribution is -0.118. The van der Waals surface area contributed by atoms with E-state index in [1.165, 1.54) is 18.2 Å². The number of hydrogen-bond donors (Lipinski definition) is 2. The molecule has 1 aromatic rings. The number of ether oxygens (including phenoxy) is 1. The second-order valence-electron chi connectivity index (χ2n) is 5.01. The summed E-state index contributed by atoms with van der Waals surface area (Å²) >= 11 is 0. The van der Waals surface area contributed by atoms with Gasteiger partial charge in [-0.15, -0.1) is 0 Å². The SMILES string of the molecule is CCOc1cc(F)ccc1NC(=O)CC1(N)CCC1. The van der Waals surface area contributed by atoms with Gasteiger partial charge in [-0.05, 0) is 38.3 Å². The average molecular weight is 266 g/mol. The van der Waals surface area contributed by atoms with Gasteiger partial charge in [0.25, 0.3) is 0 Å². The van der Waals surface area contributed by atoms with Crippen molar-refractivity contribution in [2.45, 2.75) is 38.1 Å². The van der Waals surface area contributed by atoms with Crippen molar-refractivity contribution in [3.05, 3.63) is 24.0 Å². The maximum absolute atomic E-state index is 13.1. The molecule has 0 atom stereocenters. The molecule has 0 radical (unpaired) electrons. The fourth-order valence-corrected chi connectivity index (χ4v) is 2.20. The number of hydrogen-bond acceptors (Lipinski definition) is 3. The molecule has 0 aromatic heterocycles. The molecule has 4 nitrogen and oxygen atoms in total. The molecule has 0 aliphatic heterocycles. The molecule has 5 heteroatoms. The van der Waals surface area contributed by atoms with Gasteiger partial charge in [0.15, 0.2) is 0 Å². The van der Waals surface area contributed by atoms with Gasteiger partial charge in [-0.1, -0.05) is 0 Å². The Hall–Kier alpha value is -1.62. The van der Waals surface area contributed by atoms with Crippen LogP contribution in [0.15, 0.2) is 18.2 Å². The first-order valence-electron chi connectivity index (χ1n) is 6.53. The third-order valence-electron chi connectivity index (χ3n) is 3.38. The molecule has 104 valence electrons. The van der Waals surface area contributed by atoms with Gasteiger partial charge in [0, 0.05) is 18.0 Å². The Morgan fingerprint density at radius 3 is 2.84 bits per heavy atom. The number of benzene rings is 1. The Morgan fingerprint density at radius 2 is 2.26 bits per heavy atom. The average Bonchev–Trinajstić information content (AvgIpc) is 2.31. The van der Waals surface area contributed by atoms with Gasteiger partial charge in [-0.3, -0.25) is 4.79 Å². The monoisotopic (exact) mass is 266 g/mol. The zero-order valence-electron chi connectivity index (χ0n) is 11.0. The van der Waals surface area contributed by atoms with Crippen LogP contribution in [0.3, 0.4) is 0 Å². The van der Waals surface area contributed by atoms with Gasteiger partial charge in [-0.2, -0.15) is 0 Å². The molecule has 0 saturated heterocycles. The van der Waals surface area contributed by atoms with Gasteiger partial charge in [0.2, 0.25) is 5.91 Å². The zero-order valence-corrected chi connectivity index (χ0v) is 11.0. The fourth-order valence-electron chi connectivity index (χ4n) is 2.20. The van der Waals surface area contributed by atoms with Gasteiger partial charge in [0.1, 0.15) is 11.6 Å². The van der Waals surface area contributed by atoms with Crippen molar-refractivity contribution in [2.75, 3.05) is 11.9 Å². The smallest absolute Gasteiger partial charge is 0.226 e. The standard InChI is InChI=1S/C14H19FN2O2/c1-2-19-12-8-10(15)4-5-11(12)17-13(18)9-14(16)6-3-7-14/h4-5,8H,2-3,6-7,9,16H2,1H3,(H,17,18). The molecule has 19 heavy (non-hydrogen) atoms. The normalized spacial score (nSPS) is 16.6. The summed E-state index contributed by atoms with van der Waals surface area (Å²) in [4.78, 5) is 11.9. The van der Waals surface area contributed by atoms with Gasteiger partial charge in [-0.25, -0.2) is 4.39 Å². The third kappa shape index (κ3) is 3.44. The molecule has 0 bridgehead atoms. The topological polar surface area (TPSA) is 64.3 Å². The number of nitrogens with one attached hydrogen (secondary N) is 1. The van der Waals surface area contributed by atoms with Crippen molar-refractivity contribution in [3.63, 3.8) is 0 Å². The lowest BCUT2D eigenvalue weighted by Gasteiger charge is -2.37. The lowest BCUT2D eigenvalue weighted by atomic mass is 9.75. The van der Waals surface area contributed by atoms with Gasteiger partial charge < -0.3 is 15.8 Å². The maximum atomic E-state index is 13.1. The molecule has 1 amide bonds. The Balaban J connectivity index is 2.03. The van der Waals surface area contributed by atoms with E-state index in [9.17, 15) is 9.18 Å². The Morgan fingerprint density at radius 1 is 1.53 bits per heavy atom. The molecule has 1 aromatic carbocycles. The van der Waals surface area contributed by atoms with E-state index in [2.05, 4.69) is 5.32 Å². The van der Waals surface area contributed by atoms with Crippen molar-refractivity contribution < 1.29 is 13.9 Å². The first kappa shape index (κ1) is 13.8. The summed E-state index contributed by atoms with van der Waals surface area (Å²) in [5.74, 6) is -0.207. The first-order chi connectivity index (χ1) is 9.02. The number of anilines is 1. The number of carbonyl (C=O) groups excluding carboxylic acids is 1. The summed E-state index contributed by atoms with van der Waals surface area (Å²) in [6.07, 6.45) is 3.12. The highest BCUT2D eigenvalue weighted by Crippen LogP contribution is 2.33. The second kappa shape index (κ2) is 5.57. The van der Waals surface area contributed by atoms with Crippen LogP contribution in [-0.4, -0.2) is 18.1 Å². The fraction of sp³-hybridized carbons (Fsp3) is 0.500. The van der Waals surface area contributed by atoms with Crippen molar-refractivity contribution in [1.82, 2.24) is 0 Å². The number of halogens is 1. The van der Waals surface area contributed by atoms with E-state index in [0.717, 1.165) is 19.3 Å². The van der Waals surface area contributed by atoms with E-state index in [1.54, 1.807) is 6.92 Å². The second-order valence-corrected chi connectivity index (χ2v) is 5.01. The first-order valence-corrected chi connectivity index (χ1v) is 6.53. The zero-order chi connectivity index (χ0) is 13.9. The van der Waals surface area contributed by atoms with Crippen molar-refractivity contribution >= 4 is 11.6 Å². The minimum atomic E-state index is -0.393. The molecule has 0 unspecified atom stereocenters. The van der Waals surface area contributed by atoms with Crippen molar-refractivity contribution in [1.29, 1.82) is 0 Å². The molecular weight excluding hydrogens is 247 g/mol. The number of carbonyl (C=O) groups is 1. The summed E-state index contributed by atoms with van der Waals surface area (Å²) in [6, 6.07) is 4.06. The van der Waals surface area contributed by atoms with Crippen LogP contribution >= 0.6 is 0 Å². The summed E-state index contributed by atoms with van der Waals surface area (Å²) < 4.78 is 18.4. The highest BCUT2D eigenvalue weighted by Gasteiger charge is 2.34. The number of amides is 1. The van der Waals surface area contributed by atoms with E-state index >= 15 is 0 Å². The van der Waals surface area contributed by atoms with E-state index < -0.39 is 5.82 Å². The molecule has 0 spiro atoms. The van der Waals surface area contributed by atoms with Crippen LogP contribution in [0.1, 0.15) is 32.6 Å². The number of nitrogens with two attached hydrogens (primary N) is 1. The largest absolute Gasteiger partial charge is 0.492 e. The summed E-state index contributed by atoms with van der Waals surface area (Å²) in [5, 5.41) is 2.74. The maximum Gasteiger partial charge on any atom is 0.226 e. The van der Waals surface area contributed by atoms with Gasteiger partial charge in [0.05, 0.1) is 12.3 Å². The minimum absolute atomic E-state index is 0.158. The van der Waals surface area contributed by atoms with Gasteiger partial charge >= 0.3 is 0 Å². The molecule has 2 rings (SSSR count). The Labute approximate surface area is 112 Å². The van der Waals surface area contributed by atoms with Crippen LogP contribution in [0, 0.1) is 5.82 Å². The number of rotatable bonds is 5. The summed E-state index contributed by atoms with van der Waals surface area (Å²) in [5.41, 5.74) is 6.14. The molecule has 0 heterocycles. The quantitative estimate of drug-likeness (QED) is 0.860. The molecular formula is C14H19FN2O2. The van der Waals surface area contributed by atoms with Crippen molar-refractivity contribution in [3.8, 4) is 5.75 Å². The highest BCUT2D eigenvalue weighted by atomic mass is 19.1. The van der Waals surface area contributed by atoms with Crippen LogP contribution in [0.2, 0.25) is 0 Å². The lowest BCUT2D eigenvalue weighted by Crippen LogP contribution is -2.48. The van der Waals surface area contributed by atoms with Crippen LogP contribution in [0.25, 0.3) is 0 Å².